The molecule has 2 amide bonds. The summed E-state index contributed by atoms with van der Waals surface area (Å²) in [5, 5.41) is 22.7. The molecule has 0 bridgehead atoms. The summed E-state index contributed by atoms with van der Waals surface area (Å²) in [7, 11) is 0. The van der Waals surface area contributed by atoms with Crippen molar-refractivity contribution in [3.8, 4) is 11.1 Å². The van der Waals surface area contributed by atoms with Crippen molar-refractivity contribution in [2.75, 3.05) is 13.2 Å². The summed E-state index contributed by atoms with van der Waals surface area (Å²) >= 11 is 0. The van der Waals surface area contributed by atoms with Gasteiger partial charge >= 0.3 is 12.1 Å². The van der Waals surface area contributed by atoms with Crippen LogP contribution in [0.4, 0.5) is 4.79 Å². The number of nitrogens with one attached hydrogen (secondary N) is 2. The molecule has 8 nitrogen and oxygen atoms in total. The summed E-state index contributed by atoms with van der Waals surface area (Å²) in [6.07, 6.45) is -0.871. The van der Waals surface area contributed by atoms with Gasteiger partial charge in [0.15, 0.2) is 0 Å². The number of aliphatic hydroxyl groups is 1. The van der Waals surface area contributed by atoms with Crippen LogP contribution in [0.1, 0.15) is 24.0 Å². The maximum atomic E-state index is 12.2. The summed E-state index contributed by atoms with van der Waals surface area (Å²) in [6.45, 7) is 0.648. The Kier molecular flexibility index (Phi) is 6.13. The molecule has 2 aromatic rings. The van der Waals surface area contributed by atoms with E-state index < -0.39 is 36.7 Å². The van der Waals surface area contributed by atoms with Crippen LogP contribution in [0, 0.1) is 0 Å². The fraction of sp³-hybridized carbons (Fsp3) is 0.286. The van der Waals surface area contributed by atoms with Gasteiger partial charge < -0.3 is 25.6 Å². The first-order valence-corrected chi connectivity index (χ1v) is 9.18. The minimum Gasteiger partial charge on any atom is -0.480 e. The number of alkyl carbamates (subject to hydrolysis) is 1. The van der Waals surface area contributed by atoms with Gasteiger partial charge in [-0.15, -0.1) is 0 Å². The number of amides is 2. The van der Waals surface area contributed by atoms with Gasteiger partial charge in [-0.1, -0.05) is 48.5 Å². The number of benzene rings is 2. The maximum Gasteiger partial charge on any atom is 0.407 e. The minimum atomic E-state index is -1.31. The molecule has 0 radical (unpaired) electrons. The van der Waals surface area contributed by atoms with Gasteiger partial charge in [0.1, 0.15) is 18.7 Å². The summed E-state index contributed by atoms with van der Waals surface area (Å²) in [5.74, 6) is -2.17. The molecular weight excluding hydrogens is 376 g/mol. The van der Waals surface area contributed by atoms with E-state index in [1.807, 2.05) is 48.5 Å². The second-order valence-corrected chi connectivity index (χ2v) is 6.77. The Hall–Kier alpha value is -3.39. The van der Waals surface area contributed by atoms with Crippen molar-refractivity contribution >= 4 is 18.0 Å². The maximum absolute atomic E-state index is 12.2. The molecule has 1 aliphatic rings. The van der Waals surface area contributed by atoms with E-state index in [9.17, 15) is 19.5 Å². The van der Waals surface area contributed by atoms with Crippen LogP contribution in [0.2, 0.25) is 0 Å². The molecule has 8 heteroatoms. The second-order valence-electron chi connectivity index (χ2n) is 6.77. The third-order valence-corrected chi connectivity index (χ3v) is 4.86. The number of carbonyl (C=O) groups excluding carboxylic acids is 2. The molecule has 29 heavy (non-hydrogen) atoms. The van der Waals surface area contributed by atoms with Crippen molar-refractivity contribution in [1.82, 2.24) is 10.6 Å². The van der Waals surface area contributed by atoms with E-state index in [1.54, 1.807) is 0 Å². The van der Waals surface area contributed by atoms with Crippen molar-refractivity contribution in [2.45, 2.75) is 24.9 Å². The Labute approximate surface area is 167 Å². The van der Waals surface area contributed by atoms with Crippen molar-refractivity contribution in [1.29, 1.82) is 0 Å². The number of rotatable bonds is 7. The van der Waals surface area contributed by atoms with Crippen LogP contribution >= 0.6 is 0 Å². The average Bonchev–Trinajstić information content (AvgIpc) is 3.04. The van der Waals surface area contributed by atoms with Gasteiger partial charge in [0.2, 0.25) is 5.91 Å². The van der Waals surface area contributed by atoms with Gasteiger partial charge in [0.05, 0.1) is 6.61 Å². The number of fused-ring (bicyclic) bond motifs is 3. The molecule has 4 N–H and O–H groups in total. The predicted octanol–water partition coefficient (Wildman–Crippen LogP) is 1.48. The summed E-state index contributed by atoms with van der Waals surface area (Å²) in [5.41, 5.74) is 4.28. The zero-order valence-corrected chi connectivity index (χ0v) is 15.8. The molecule has 0 saturated heterocycles. The van der Waals surface area contributed by atoms with Crippen LogP contribution in [0.5, 0.6) is 0 Å². The van der Waals surface area contributed by atoms with E-state index in [2.05, 4.69) is 10.6 Å². The zero-order chi connectivity index (χ0) is 21.0. The van der Waals surface area contributed by atoms with Crippen LogP contribution in [0.25, 0.3) is 11.1 Å². The Morgan fingerprint density at radius 1 is 1.00 bits per heavy atom. The third kappa shape index (κ3) is 4.38. The lowest BCUT2D eigenvalue weighted by molar-refractivity contribution is -0.141. The van der Waals surface area contributed by atoms with Gasteiger partial charge in [0.25, 0.3) is 0 Å². The van der Waals surface area contributed by atoms with Gasteiger partial charge in [0, 0.05) is 5.92 Å². The van der Waals surface area contributed by atoms with Gasteiger partial charge in [-0.25, -0.2) is 4.79 Å². The van der Waals surface area contributed by atoms with E-state index in [-0.39, 0.29) is 12.5 Å². The molecule has 152 valence electrons. The number of hydrogen-bond acceptors (Lipinski definition) is 5. The summed E-state index contributed by atoms with van der Waals surface area (Å²) in [6, 6.07) is 13.3. The number of carboxylic acids is 1. The monoisotopic (exact) mass is 398 g/mol. The molecule has 3 rings (SSSR count). The van der Waals surface area contributed by atoms with E-state index in [4.69, 9.17) is 9.84 Å². The SMILES string of the molecule is C[C@H](NC(=O)[C@H](CO)NC(=O)OCC1c2ccccc2-c2ccccc21)C(=O)O. The quantitative estimate of drug-likeness (QED) is 0.560. The number of carboxylic acid groups (broad SMARTS) is 1. The Balaban J connectivity index is 1.63. The van der Waals surface area contributed by atoms with Crippen LogP contribution < -0.4 is 10.6 Å². The zero-order valence-electron chi connectivity index (χ0n) is 15.8. The molecule has 0 spiro atoms. The van der Waals surface area contributed by atoms with Crippen LogP contribution in [0.3, 0.4) is 0 Å². The predicted molar refractivity (Wildman–Crippen MR) is 104 cm³/mol. The van der Waals surface area contributed by atoms with Crippen LogP contribution in [0.15, 0.2) is 48.5 Å². The highest BCUT2D eigenvalue weighted by Gasteiger charge is 2.30. The van der Waals surface area contributed by atoms with Crippen molar-refractivity contribution < 1.29 is 29.3 Å². The topological polar surface area (TPSA) is 125 Å². The highest BCUT2D eigenvalue weighted by atomic mass is 16.5. The van der Waals surface area contributed by atoms with Crippen molar-refractivity contribution in [2.24, 2.45) is 0 Å². The largest absolute Gasteiger partial charge is 0.480 e. The normalized spacial score (nSPS) is 14.3. The first kappa shape index (κ1) is 20.3. The van der Waals surface area contributed by atoms with E-state index in [0.717, 1.165) is 22.3 Å². The lowest BCUT2D eigenvalue weighted by Crippen LogP contribution is -2.52. The number of aliphatic carboxylic acids is 1. The molecule has 2 atom stereocenters. The highest BCUT2D eigenvalue weighted by Crippen LogP contribution is 2.44. The van der Waals surface area contributed by atoms with E-state index in [1.165, 1.54) is 6.92 Å². The number of carbonyl (C=O) groups is 3. The van der Waals surface area contributed by atoms with E-state index in [0.29, 0.717) is 0 Å². The molecule has 0 aromatic heterocycles. The van der Waals surface area contributed by atoms with Gasteiger partial charge in [-0.3, -0.25) is 9.59 Å². The number of aliphatic hydroxyl groups excluding tert-OH is 1. The number of ether oxygens (including phenoxy) is 1. The third-order valence-electron chi connectivity index (χ3n) is 4.86. The van der Waals surface area contributed by atoms with Crippen molar-refractivity contribution in [3.05, 3.63) is 59.7 Å². The smallest absolute Gasteiger partial charge is 0.407 e. The molecular formula is C21H22N2O6. The lowest BCUT2D eigenvalue weighted by atomic mass is 9.98. The highest BCUT2D eigenvalue weighted by molar-refractivity contribution is 5.89. The summed E-state index contributed by atoms with van der Waals surface area (Å²) in [4.78, 5) is 35.0. The van der Waals surface area contributed by atoms with Crippen LogP contribution in [-0.4, -0.2) is 53.5 Å². The van der Waals surface area contributed by atoms with Gasteiger partial charge in [-0.05, 0) is 29.2 Å². The minimum absolute atomic E-state index is 0.0607. The van der Waals surface area contributed by atoms with Crippen LogP contribution in [-0.2, 0) is 14.3 Å². The average molecular weight is 398 g/mol. The van der Waals surface area contributed by atoms with Gasteiger partial charge in [-0.2, -0.15) is 0 Å². The molecule has 2 aromatic carbocycles. The molecule has 0 unspecified atom stereocenters. The Bertz CT molecular complexity index is 883. The fourth-order valence-electron chi connectivity index (χ4n) is 3.35. The number of hydrogen-bond donors (Lipinski definition) is 4. The summed E-state index contributed by atoms with van der Waals surface area (Å²) < 4.78 is 5.32. The Morgan fingerprint density at radius 2 is 1.55 bits per heavy atom. The standard InChI is InChI=1S/C21H22N2O6/c1-12(20(26)27)22-19(25)18(10-24)23-21(28)29-11-17-15-8-4-2-6-13(15)14-7-3-5-9-16(14)17/h2-9,12,17-18,24H,10-11H2,1H3,(H,22,25)(H,23,28)(H,26,27)/t12-,18-/m0/s1. The van der Waals surface area contributed by atoms with Crippen molar-refractivity contribution in [3.63, 3.8) is 0 Å². The molecule has 0 saturated carbocycles. The van der Waals surface area contributed by atoms with E-state index >= 15 is 0 Å². The second kappa shape index (κ2) is 8.74. The first-order valence-electron chi connectivity index (χ1n) is 9.18. The first-order chi connectivity index (χ1) is 13.9. The molecule has 0 fully saturated rings. The molecule has 0 aliphatic heterocycles. The molecule has 0 heterocycles. The Morgan fingerprint density at radius 3 is 2.07 bits per heavy atom. The fourth-order valence-corrected chi connectivity index (χ4v) is 3.35. The molecule has 1 aliphatic carbocycles. The lowest BCUT2D eigenvalue weighted by Gasteiger charge is -2.19.